The highest BCUT2D eigenvalue weighted by Crippen LogP contribution is 2.55. The largest absolute Gasteiger partial charge is 0.495 e. The molecule has 4 aliphatic heterocycles. The Bertz CT molecular complexity index is 2450. The SMILES string of the molecule is CC1(C)OB(c2cc(B3OC(C)(C)C(C)(C)O3)c3cc(N4c5ccccc5Oc5ccccc54)cc(N4c5ccccc5Oc5ccccc54)c3c2)OC1(C)C. The first-order chi connectivity index (χ1) is 26.7. The summed E-state index contributed by atoms with van der Waals surface area (Å²) in [5.41, 5.74) is 5.14. The second-order valence-corrected chi connectivity index (χ2v) is 17.1. The van der Waals surface area contributed by atoms with Crippen molar-refractivity contribution in [2.24, 2.45) is 0 Å². The van der Waals surface area contributed by atoms with Gasteiger partial charge >= 0.3 is 14.2 Å². The first kappa shape index (κ1) is 35.2. The maximum Gasteiger partial charge on any atom is 0.495 e. The summed E-state index contributed by atoms with van der Waals surface area (Å²) in [6, 6.07) is 41.6. The molecule has 4 aliphatic rings. The summed E-state index contributed by atoms with van der Waals surface area (Å²) in [6.07, 6.45) is 0. The number of fused-ring (bicyclic) bond motifs is 5. The van der Waals surface area contributed by atoms with Crippen molar-refractivity contribution in [1.82, 2.24) is 0 Å². The van der Waals surface area contributed by atoms with Crippen molar-refractivity contribution in [2.45, 2.75) is 77.8 Å². The Hall–Kier alpha value is -5.25. The first-order valence-electron chi connectivity index (χ1n) is 19.4. The first-order valence-corrected chi connectivity index (χ1v) is 19.4. The topological polar surface area (TPSA) is 61.9 Å². The maximum absolute atomic E-state index is 6.88. The molecular weight excluding hydrogens is 698 g/mol. The molecular formula is C46H44B2N2O6. The Kier molecular flexibility index (Phi) is 7.62. The minimum atomic E-state index is -0.679. The molecule has 8 nitrogen and oxygen atoms in total. The second-order valence-electron chi connectivity index (χ2n) is 17.1. The number of ether oxygens (including phenoxy) is 2. The highest BCUT2D eigenvalue weighted by Gasteiger charge is 2.54. The second kappa shape index (κ2) is 12.1. The van der Waals surface area contributed by atoms with Crippen LogP contribution in [0.25, 0.3) is 10.8 Å². The molecule has 0 unspecified atom stereocenters. The van der Waals surface area contributed by atoms with Gasteiger partial charge in [0.25, 0.3) is 0 Å². The molecule has 0 radical (unpaired) electrons. The summed E-state index contributed by atoms with van der Waals surface area (Å²) in [7, 11) is -1.30. The molecule has 0 saturated carbocycles. The van der Waals surface area contributed by atoms with E-state index in [1.54, 1.807) is 0 Å². The third-order valence-corrected chi connectivity index (χ3v) is 12.5. The number of hydrogen-bond acceptors (Lipinski definition) is 8. The van der Waals surface area contributed by atoms with E-state index in [0.29, 0.717) is 0 Å². The van der Waals surface area contributed by atoms with E-state index in [0.717, 1.165) is 78.8 Å². The Morgan fingerprint density at radius 2 is 0.786 bits per heavy atom. The molecule has 0 bridgehead atoms. The van der Waals surface area contributed by atoms with Gasteiger partial charge < -0.3 is 37.9 Å². The van der Waals surface area contributed by atoms with Crippen molar-refractivity contribution < 1.29 is 28.1 Å². The van der Waals surface area contributed by atoms with Crippen molar-refractivity contribution in [1.29, 1.82) is 0 Å². The smallest absolute Gasteiger partial charge is 0.453 e. The molecule has 0 amide bonds. The molecule has 2 saturated heterocycles. The summed E-state index contributed by atoms with van der Waals surface area (Å²) in [4.78, 5) is 4.59. The van der Waals surface area contributed by atoms with Crippen LogP contribution in [0.4, 0.5) is 34.1 Å². The van der Waals surface area contributed by atoms with Crippen LogP contribution in [0.15, 0.2) is 121 Å². The average Bonchev–Trinajstić information content (AvgIpc) is 3.54. The lowest BCUT2D eigenvalue weighted by molar-refractivity contribution is 0.00578. The fourth-order valence-corrected chi connectivity index (χ4v) is 8.02. The molecule has 6 aromatic carbocycles. The van der Waals surface area contributed by atoms with E-state index in [9.17, 15) is 0 Å². The lowest BCUT2D eigenvalue weighted by Crippen LogP contribution is -2.41. The number of anilines is 6. The fourth-order valence-electron chi connectivity index (χ4n) is 8.02. The van der Waals surface area contributed by atoms with Gasteiger partial charge in [-0.15, -0.1) is 0 Å². The summed E-state index contributed by atoms with van der Waals surface area (Å²) >= 11 is 0. The van der Waals surface area contributed by atoms with Crippen molar-refractivity contribution in [2.75, 3.05) is 9.80 Å². The lowest BCUT2D eigenvalue weighted by Gasteiger charge is -2.36. The molecule has 10 heteroatoms. The molecule has 56 heavy (non-hydrogen) atoms. The van der Waals surface area contributed by atoms with E-state index in [1.807, 2.05) is 60.7 Å². The van der Waals surface area contributed by atoms with Crippen LogP contribution < -0.4 is 30.2 Å². The number of para-hydroxylation sites is 8. The van der Waals surface area contributed by atoms with Crippen LogP contribution in [0.3, 0.4) is 0 Å². The van der Waals surface area contributed by atoms with Gasteiger partial charge in [-0.25, -0.2) is 0 Å². The fraction of sp³-hybridized carbons (Fsp3) is 0.261. The summed E-state index contributed by atoms with van der Waals surface area (Å²) in [6.45, 7) is 16.7. The number of benzene rings is 6. The van der Waals surface area contributed by atoms with Crippen LogP contribution in [0.1, 0.15) is 55.4 Å². The number of hydrogen-bond donors (Lipinski definition) is 0. The monoisotopic (exact) mass is 742 g/mol. The van der Waals surface area contributed by atoms with Gasteiger partial charge in [0.1, 0.15) is 0 Å². The molecule has 280 valence electrons. The minimum absolute atomic E-state index is 0.539. The maximum atomic E-state index is 6.88. The van der Waals surface area contributed by atoms with Crippen LogP contribution >= 0.6 is 0 Å². The molecule has 4 heterocycles. The summed E-state index contributed by atoms with van der Waals surface area (Å²) in [5.74, 6) is 3.08. The Labute approximate surface area is 329 Å². The van der Waals surface area contributed by atoms with Crippen LogP contribution in [-0.4, -0.2) is 36.6 Å². The van der Waals surface area contributed by atoms with Crippen LogP contribution in [0.5, 0.6) is 23.0 Å². The zero-order valence-corrected chi connectivity index (χ0v) is 33.0. The third kappa shape index (κ3) is 5.30. The van der Waals surface area contributed by atoms with E-state index in [1.165, 1.54) is 0 Å². The molecule has 0 aliphatic carbocycles. The van der Waals surface area contributed by atoms with Crippen LogP contribution in [0.2, 0.25) is 0 Å². The minimum Gasteiger partial charge on any atom is -0.453 e. The Balaban J connectivity index is 1.31. The van der Waals surface area contributed by atoms with E-state index in [4.69, 9.17) is 28.1 Å². The molecule has 0 aromatic heterocycles. The van der Waals surface area contributed by atoms with E-state index < -0.39 is 36.6 Å². The zero-order chi connectivity index (χ0) is 38.8. The standard InChI is InChI=1S/C46H44B2N2O6/c1-43(2)44(3,4)54-47(53-43)29-25-32-31(33(26-29)48-55-45(5,6)46(7,8)56-48)27-30(49-34-17-9-13-21-39(34)51-40-22-14-10-18-35(40)49)28-38(32)50-36-19-11-15-23-41(36)52-42-24-16-12-20-37(42)50/h9-28H,1-8H3. The Morgan fingerprint density at radius 3 is 1.23 bits per heavy atom. The zero-order valence-electron chi connectivity index (χ0n) is 33.0. The van der Waals surface area contributed by atoms with Gasteiger partial charge in [0.05, 0.1) is 50.8 Å². The van der Waals surface area contributed by atoms with Gasteiger partial charge in [0.15, 0.2) is 23.0 Å². The van der Waals surface area contributed by atoms with Gasteiger partial charge in [-0.05, 0) is 132 Å². The van der Waals surface area contributed by atoms with Gasteiger partial charge in [0, 0.05) is 11.1 Å². The normalized spacial score (nSPS) is 19.5. The van der Waals surface area contributed by atoms with E-state index in [2.05, 4.69) is 126 Å². The van der Waals surface area contributed by atoms with Crippen molar-refractivity contribution >= 4 is 70.1 Å². The third-order valence-electron chi connectivity index (χ3n) is 12.5. The van der Waals surface area contributed by atoms with E-state index in [-0.39, 0.29) is 0 Å². The highest BCUT2D eigenvalue weighted by atomic mass is 16.7. The van der Waals surface area contributed by atoms with Crippen molar-refractivity contribution in [3.8, 4) is 23.0 Å². The Morgan fingerprint density at radius 1 is 0.393 bits per heavy atom. The van der Waals surface area contributed by atoms with Gasteiger partial charge in [0.2, 0.25) is 0 Å². The number of nitrogens with zero attached hydrogens (tertiary/aromatic N) is 2. The average molecular weight is 742 g/mol. The summed E-state index contributed by atoms with van der Waals surface area (Å²) in [5, 5.41) is 1.95. The predicted octanol–water partition coefficient (Wildman–Crippen LogP) is 10.6. The van der Waals surface area contributed by atoms with Crippen molar-refractivity contribution in [3.63, 3.8) is 0 Å². The van der Waals surface area contributed by atoms with Gasteiger partial charge in [-0.2, -0.15) is 0 Å². The molecule has 0 atom stereocenters. The quantitative estimate of drug-likeness (QED) is 0.165. The molecule has 0 N–H and O–H groups in total. The van der Waals surface area contributed by atoms with Gasteiger partial charge in [-0.3, -0.25) is 0 Å². The molecule has 10 rings (SSSR count). The summed E-state index contributed by atoms with van der Waals surface area (Å²) < 4.78 is 40.2. The molecule has 0 spiro atoms. The van der Waals surface area contributed by atoms with Gasteiger partial charge in [-0.1, -0.05) is 60.7 Å². The highest BCUT2D eigenvalue weighted by molar-refractivity contribution is 6.68. The number of rotatable bonds is 4. The predicted molar refractivity (Wildman–Crippen MR) is 225 cm³/mol. The lowest BCUT2D eigenvalue weighted by atomic mass is 9.69. The molecule has 6 aromatic rings. The molecule has 2 fully saturated rings. The van der Waals surface area contributed by atoms with Crippen molar-refractivity contribution in [3.05, 3.63) is 121 Å². The van der Waals surface area contributed by atoms with E-state index >= 15 is 0 Å². The van der Waals surface area contributed by atoms with Crippen LogP contribution in [0, 0.1) is 0 Å². The van der Waals surface area contributed by atoms with Crippen LogP contribution in [-0.2, 0) is 18.6 Å².